The molecule has 2 N–H and O–H groups in total. The molecule has 1 saturated heterocycles. The van der Waals surface area contributed by atoms with Crippen molar-refractivity contribution in [1.29, 1.82) is 0 Å². The lowest BCUT2D eigenvalue weighted by molar-refractivity contribution is -0.176. The second kappa shape index (κ2) is 8.91. The Labute approximate surface area is 175 Å². The van der Waals surface area contributed by atoms with E-state index in [2.05, 4.69) is 36.4 Å². The lowest BCUT2D eigenvalue weighted by atomic mass is 9.56. The number of hydrogen-bond acceptors (Lipinski definition) is 4. The minimum atomic E-state index is -3.06. The van der Waals surface area contributed by atoms with Crippen LogP contribution in [0.5, 0.6) is 0 Å². The quantitative estimate of drug-likeness (QED) is 0.340. The van der Waals surface area contributed by atoms with E-state index in [-0.39, 0.29) is 35.0 Å². The van der Waals surface area contributed by atoms with Crippen molar-refractivity contribution in [3.63, 3.8) is 0 Å². The van der Waals surface area contributed by atoms with E-state index in [0.29, 0.717) is 25.0 Å². The van der Waals surface area contributed by atoms with Gasteiger partial charge in [0.05, 0.1) is 11.9 Å². The normalized spacial score (nSPS) is 30.2. The Bertz CT molecular complexity index is 603. The van der Waals surface area contributed by atoms with Gasteiger partial charge >= 0.3 is 0 Å². The number of methoxy groups -OCH3 is 1. The number of ether oxygens (including phenoxy) is 1. The van der Waals surface area contributed by atoms with Gasteiger partial charge in [-0.3, -0.25) is 4.99 Å². The summed E-state index contributed by atoms with van der Waals surface area (Å²) >= 11 is 0. The number of aliphatic imine (C=N–C) groups is 1. The molecule has 1 aliphatic carbocycles. The lowest BCUT2D eigenvalue weighted by Crippen LogP contribution is -2.69. The molecule has 1 saturated carbocycles. The maximum atomic E-state index is 11.6. The molecule has 2 unspecified atom stereocenters. The van der Waals surface area contributed by atoms with Gasteiger partial charge in [-0.2, -0.15) is 0 Å². The Morgan fingerprint density at radius 2 is 1.85 bits per heavy atom. The van der Waals surface area contributed by atoms with Crippen molar-refractivity contribution in [3.05, 3.63) is 0 Å². The summed E-state index contributed by atoms with van der Waals surface area (Å²) in [5, 5.41) is 6.91. The smallest absolute Gasteiger partial charge is 0.211 e. The Kier molecular flexibility index (Phi) is 8.20. The fraction of sp³-hybridized carbons (Fsp3) is 0.941. The van der Waals surface area contributed by atoms with Gasteiger partial charge in [0.1, 0.15) is 0 Å². The highest BCUT2D eigenvalue weighted by Crippen LogP contribution is 2.51. The zero-order valence-electron chi connectivity index (χ0n) is 16.8. The van der Waals surface area contributed by atoms with Crippen LogP contribution in [0.15, 0.2) is 4.99 Å². The molecule has 0 spiro atoms. The van der Waals surface area contributed by atoms with E-state index < -0.39 is 10.0 Å². The second-order valence-electron chi connectivity index (χ2n) is 8.12. The topological polar surface area (TPSA) is 83.0 Å². The van der Waals surface area contributed by atoms with E-state index in [4.69, 9.17) is 4.74 Å². The number of piperidine rings is 1. The number of nitrogens with zero attached hydrogens (tertiary/aromatic N) is 2. The van der Waals surface area contributed by atoms with Crippen LogP contribution in [0.1, 0.15) is 40.0 Å². The van der Waals surface area contributed by atoms with Gasteiger partial charge < -0.3 is 15.4 Å². The first-order chi connectivity index (χ1) is 11.5. The molecule has 9 heteroatoms. The van der Waals surface area contributed by atoms with Gasteiger partial charge in [-0.05, 0) is 32.1 Å². The van der Waals surface area contributed by atoms with Crippen molar-refractivity contribution in [2.24, 2.45) is 16.3 Å². The predicted octanol–water partition coefficient (Wildman–Crippen LogP) is 1.64. The zero-order chi connectivity index (χ0) is 18.9. The Balaban J connectivity index is 0.00000338. The molecule has 0 bridgehead atoms. The summed E-state index contributed by atoms with van der Waals surface area (Å²) in [5.41, 5.74) is -0.0812. The van der Waals surface area contributed by atoms with Crippen molar-refractivity contribution >= 4 is 40.0 Å². The van der Waals surface area contributed by atoms with E-state index in [1.807, 2.05) is 0 Å². The van der Waals surface area contributed by atoms with E-state index in [1.165, 1.54) is 6.26 Å². The first-order valence-corrected chi connectivity index (χ1v) is 10.9. The molecular weight excluding hydrogens is 467 g/mol. The van der Waals surface area contributed by atoms with Gasteiger partial charge in [0.2, 0.25) is 10.0 Å². The van der Waals surface area contributed by atoms with Crippen molar-refractivity contribution in [2.75, 3.05) is 40.0 Å². The van der Waals surface area contributed by atoms with Crippen molar-refractivity contribution in [2.45, 2.75) is 51.7 Å². The van der Waals surface area contributed by atoms with Gasteiger partial charge in [-0.1, -0.05) is 13.8 Å². The fourth-order valence-corrected chi connectivity index (χ4v) is 4.64. The molecule has 0 aromatic rings. The molecule has 0 radical (unpaired) electrons. The van der Waals surface area contributed by atoms with Crippen LogP contribution in [0, 0.1) is 11.3 Å². The second-order valence-corrected chi connectivity index (χ2v) is 10.1. The van der Waals surface area contributed by atoms with Crippen LogP contribution in [-0.2, 0) is 14.8 Å². The number of guanidine groups is 1. The van der Waals surface area contributed by atoms with Crippen LogP contribution >= 0.6 is 24.0 Å². The first kappa shape index (κ1) is 23.9. The molecule has 2 fully saturated rings. The Morgan fingerprint density at radius 1 is 1.27 bits per heavy atom. The van der Waals surface area contributed by atoms with Crippen molar-refractivity contribution in [3.8, 4) is 0 Å². The van der Waals surface area contributed by atoms with Crippen LogP contribution in [0.2, 0.25) is 0 Å². The Morgan fingerprint density at radius 3 is 2.27 bits per heavy atom. The summed E-state index contributed by atoms with van der Waals surface area (Å²) in [6.45, 7) is 8.61. The minimum absolute atomic E-state index is 0. The van der Waals surface area contributed by atoms with Gasteiger partial charge in [0, 0.05) is 45.2 Å². The maximum Gasteiger partial charge on any atom is 0.211 e. The summed E-state index contributed by atoms with van der Waals surface area (Å²) in [5.74, 6) is 1.27. The summed E-state index contributed by atoms with van der Waals surface area (Å²) in [4.78, 5) is 4.33. The maximum absolute atomic E-state index is 11.6. The summed E-state index contributed by atoms with van der Waals surface area (Å²) < 4.78 is 30.4. The molecule has 0 aromatic heterocycles. The van der Waals surface area contributed by atoms with Crippen molar-refractivity contribution in [1.82, 2.24) is 14.9 Å². The lowest BCUT2D eigenvalue weighted by Gasteiger charge is -2.59. The summed E-state index contributed by atoms with van der Waals surface area (Å²) in [6.07, 6.45) is 4.00. The molecule has 7 nitrogen and oxygen atoms in total. The molecule has 1 heterocycles. The predicted molar refractivity (Wildman–Crippen MR) is 117 cm³/mol. The molecular formula is C17H35IN4O3S. The van der Waals surface area contributed by atoms with Gasteiger partial charge in [0.15, 0.2) is 5.96 Å². The highest BCUT2D eigenvalue weighted by Gasteiger charge is 2.58. The molecule has 1 aliphatic heterocycles. The monoisotopic (exact) mass is 502 g/mol. The van der Waals surface area contributed by atoms with Crippen molar-refractivity contribution < 1.29 is 13.2 Å². The number of rotatable bonds is 5. The number of nitrogens with one attached hydrogen (secondary N) is 2. The number of sulfonamides is 1. The van der Waals surface area contributed by atoms with Gasteiger partial charge in [-0.25, -0.2) is 12.7 Å². The van der Waals surface area contributed by atoms with Crippen LogP contribution in [0.25, 0.3) is 0 Å². The van der Waals surface area contributed by atoms with E-state index in [1.54, 1.807) is 18.5 Å². The molecule has 26 heavy (non-hydrogen) atoms. The molecule has 2 rings (SSSR count). The van der Waals surface area contributed by atoms with Crippen LogP contribution in [-0.4, -0.2) is 70.4 Å². The van der Waals surface area contributed by atoms with E-state index in [9.17, 15) is 8.42 Å². The SMILES string of the molecule is CN=C(NCC1CCN(S(C)(=O)=O)CC1)NC1CC(C)(OC)C1(C)C.I. The fourth-order valence-electron chi connectivity index (χ4n) is 3.77. The average Bonchev–Trinajstić information content (AvgIpc) is 2.56. The van der Waals surface area contributed by atoms with E-state index >= 15 is 0 Å². The summed E-state index contributed by atoms with van der Waals surface area (Å²) in [6, 6.07) is 0.315. The third-order valence-electron chi connectivity index (χ3n) is 6.41. The summed E-state index contributed by atoms with van der Waals surface area (Å²) in [7, 11) is 0.494. The average molecular weight is 502 g/mol. The molecule has 2 atom stereocenters. The highest BCUT2D eigenvalue weighted by atomic mass is 127. The van der Waals surface area contributed by atoms with Gasteiger partial charge in [-0.15, -0.1) is 24.0 Å². The highest BCUT2D eigenvalue weighted by molar-refractivity contribution is 14.0. The van der Waals surface area contributed by atoms with Gasteiger partial charge in [0.25, 0.3) is 0 Å². The molecule has 2 aliphatic rings. The molecule has 0 amide bonds. The number of halogens is 1. The molecule has 0 aromatic carbocycles. The zero-order valence-corrected chi connectivity index (χ0v) is 20.0. The van der Waals surface area contributed by atoms with Crippen LogP contribution < -0.4 is 10.6 Å². The first-order valence-electron chi connectivity index (χ1n) is 9.01. The standard InChI is InChI=1S/C17H34N4O3S.HI/c1-16(2)14(11-17(16,3)24-5)20-15(18-4)19-12-13-7-9-21(10-8-13)25(6,22)23;/h13-14H,7-12H2,1-6H3,(H2,18,19,20);1H. The Hall–Kier alpha value is -0.130. The van der Waals surface area contributed by atoms with E-state index in [0.717, 1.165) is 31.8 Å². The largest absolute Gasteiger partial charge is 0.378 e. The third kappa shape index (κ3) is 5.02. The van der Waals surface area contributed by atoms with Crippen LogP contribution in [0.3, 0.4) is 0 Å². The minimum Gasteiger partial charge on any atom is -0.378 e. The molecule has 154 valence electrons. The number of hydrogen-bond donors (Lipinski definition) is 2. The van der Waals surface area contributed by atoms with Crippen LogP contribution in [0.4, 0.5) is 0 Å². The third-order valence-corrected chi connectivity index (χ3v) is 7.72.